The van der Waals surface area contributed by atoms with E-state index in [-0.39, 0.29) is 5.78 Å². The van der Waals surface area contributed by atoms with E-state index >= 15 is 0 Å². The number of ether oxygens (including phenoxy) is 1. The van der Waals surface area contributed by atoms with Gasteiger partial charge in [-0.25, -0.2) is 0 Å². The lowest BCUT2D eigenvalue weighted by molar-refractivity contribution is 0.105. The highest BCUT2D eigenvalue weighted by Gasteiger charge is 2.28. The van der Waals surface area contributed by atoms with Crippen molar-refractivity contribution in [2.45, 2.75) is 6.61 Å². The first kappa shape index (κ1) is 15.1. The highest BCUT2D eigenvalue weighted by atomic mass is 16.5. The van der Waals surface area contributed by atoms with E-state index in [4.69, 9.17) is 4.74 Å². The van der Waals surface area contributed by atoms with Crippen LogP contribution >= 0.6 is 0 Å². The molecule has 0 unspecified atom stereocenters. The Balaban J connectivity index is 1.83. The summed E-state index contributed by atoms with van der Waals surface area (Å²) in [4.78, 5) is 13.0. The molecule has 122 valence electrons. The zero-order valence-corrected chi connectivity index (χ0v) is 13.6. The average Bonchev–Trinajstić information content (AvgIpc) is 3.03. The number of Topliss-reactive ketones (excluding diaryl/α,β-unsaturated/α-hetero) is 1. The number of aromatic nitrogens is 2. The van der Waals surface area contributed by atoms with Gasteiger partial charge in [0.1, 0.15) is 18.1 Å². The normalized spacial score (nSPS) is 12.5. The van der Waals surface area contributed by atoms with Gasteiger partial charge in [0.05, 0.1) is 10.9 Å². The van der Waals surface area contributed by atoms with Crippen LogP contribution in [-0.4, -0.2) is 16.0 Å². The van der Waals surface area contributed by atoms with Crippen LogP contribution < -0.4 is 15.3 Å². The predicted molar refractivity (Wildman–Crippen MR) is 97.5 cm³/mol. The van der Waals surface area contributed by atoms with E-state index < -0.39 is 0 Å². The van der Waals surface area contributed by atoms with Crippen LogP contribution in [0, 0.1) is 0 Å². The number of allylic oxidation sites excluding steroid dienone is 1. The summed E-state index contributed by atoms with van der Waals surface area (Å²) in [6.07, 6.45) is 1.56. The maximum absolute atomic E-state index is 13.0. The van der Waals surface area contributed by atoms with Gasteiger partial charge in [-0.2, -0.15) is 5.10 Å². The molecule has 2 aromatic carbocycles. The second-order valence-electron chi connectivity index (χ2n) is 5.83. The molecule has 4 nitrogen and oxygen atoms in total. The van der Waals surface area contributed by atoms with Crippen LogP contribution in [0.3, 0.4) is 0 Å². The molecular formula is C21H16N2O2. The van der Waals surface area contributed by atoms with Gasteiger partial charge in [0.25, 0.3) is 0 Å². The molecular weight excluding hydrogens is 312 g/mol. The van der Waals surface area contributed by atoms with Gasteiger partial charge in [-0.3, -0.25) is 9.89 Å². The van der Waals surface area contributed by atoms with E-state index in [1.54, 1.807) is 6.08 Å². The standard InChI is InChI=1S/C21H16N2O2/c1-3-15-18-13(2)22-23-20(18)16-10-7-11-17(19(16)21(15)24)25-12-14-8-5-4-6-9-14/h3-11,22H,1-2,12H2. The zero-order valence-electron chi connectivity index (χ0n) is 13.6. The first-order chi connectivity index (χ1) is 12.2. The van der Waals surface area contributed by atoms with Crippen molar-refractivity contribution in [1.29, 1.82) is 0 Å². The van der Waals surface area contributed by atoms with Crippen molar-refractivity contribution in [2.75, 3.05) is 0 Å². The molecule has 0 fully saturated rings. The fraction of sp³-hybridized carbons (Fsp3) is 0.0476. The number of carbonyl (C=O) groups excluding carboxylic acids is 1. The van der Waals surface area contributed by atoms with Crippen molar-refractivity contribution in [3.8, 4) is 17.0 Å². The smallest absolute Gasteiger partial charge is 0.198 e. The minimum atomic E-state index is -0.118. The largest absolute Gasteiger partial charge is 0.488 e. The van der Waals surface area contributed by atoms with Gasteiger partial charge in [-0.05, 0) is 11.6 Å². The van der Waals surface area contributed by atoms with Crippen LogP contribution in [0.25, 0.3) is 23.4 Å². The molecule has 1 aliphatic carbocycles. The summed E-state index contributed by atoms with van der Waals surface area (Å²) in [6.45, 7) is 8.10. The van der Waals surface area contributed by atoms with Crippen molar-refractivity contribution in [3.05, 3.63) is 82.9 Å². The summed E-state index contributed by atoms with van der Waals surface area (Å²) in [6, 6.07) is 15.4. The maximum Gasteiger partial charge on any atom is 0.198 e. The van der Waals surface area contributed by atoms with Gasteiger partial charge in [0.15, 0.2) is 5.78 Å². The molecule has 4 heteroatoms. The second-order valence-corrected chi connectivity index (χ2v) is 5.83. The molecule has 0 spiro atoms. The summed E-state index contributed by atoms with van der Waals surface area (Å²) in [7, 11) is 0. The maximum atomic E-state index is 13.0. The minimum Gasteiger partial charge on any atom is -0.488 e. The molecule has 3 aromatic rings. The van der Waals surface area contributed by atoms with Crippen molar-refractivity contribution in [2.24, 2.45) is 0 Å². The highest BCUT2D eigenvalue weighted by molar-refractivity contribution is 6.31. The lowest BCUT2D eigenvalue weighted by Crippen LogP contribution is -2.30. The Morgan fingerprint density at radius 3 is 2.68 bits per heavy atom. The number of hydrogen-bond acceptors (Lipinski definition) is 3. The van der Waals surface area contributed by atoms with Gasteiger partial charge >= 0.3 is 0 Å². The Bertz CT molecular complexity index is 1090. The van der Waals surface area contributed by atoms with Crippen molar-refractivity contribution in [3.63, 3.8) is 0 Å². The van der Waals surface area contributed by atoms with Gasteiger partial charge in [0, 0.05) is 16.4 Å². The Labute approximate surface area is 144 Å². The molecule has 1 heterocycles. The van der Waals surface area contributed by atoms with Gasteiger partial charge in [-0.1, -0.05) is 61.7 Å². The van der Waals surface area contributed by atoms with Crippen LogP contribution in [0.15, 0.2) is 61.2 Å². The van der Waals surface area contributed by atoms with Gasteiger partial charge in [0.2, 0.25) is 0 Å². The lowest BCUT2D eigenvalue weighted by Gasteiger charge is -2.17. The second kappa shape index (κ2) is 5.91. The fourth-order valence-electron chi connectivity index (χ4n) is 3.12. The number of nitrogens with one attached hydrogen (secondary N) is 1. The number of fused-ring (bicyclic) bond motifs is 3. The van der Waals surface area contributed by atoms with E-state index in [1.165, 1.54) is 0 Å². The number of carbonyl (C=O) groups is 1. The summed E-state index contributed by atoms with van der Waals surface area (Å²) in [5, 5.41) is 8.51. The van der Waals surface area contributed by atoms with Crippen LogP contribution in [0.5, 0.6) is 5.75 Å². The Kier molecular flexibility index (Phi) is 3.58. The number of hydrogen-bond donors (Lipinski definition) is 1. The molecule has 0 amide bonds. The summed E-state index contributed by atoms with van der Waals surface area (Å²) < 4.78 is 5.95. The summed E-state index contributed by atoms with van der Waals surface area (Å²) >= 11 is 0. The predicted octanol–water partition coefficient (Wildman–Crippen LogP) is 2.60. The molecule has 0 atom stereocenters. The zero-order chi connectivity index (χ0) is 17.4. The third-order valence-corrected chi connectivity index (χ3v) is 4.30. The number of nitrogens with zero attached hydrogens (tertiary/aromatic N) is 1. The van der Waals surface area contributed by atoms with Crippen molar-refractivity contribution in [1.82, 2.24) is 10.2 Å². The number of rotatable bonds is 4. The van der Waals surface area contributed by atoms with Crippen LogP contribution in [-0.2, 0) is 6.61 Å². The SMILES string of the molecule is C=CC1=c2c(n[nH]c2=C)-c2cccc(OCc3ccccc3)c2C1=O. The number of ketones is 1. The molecule has 0 saturated carbocycles. The molecule has 4 rings (SSSR count). The van der Waals surface area contributed by atoms with Gasteiger partial charge in [-0.15, -0.1) is 0 Å². The number of H-pyrrole nitrogens is 1. The van der Waals surface area contributed by atoms with E-state index in [1.807, 2.05) is 48.5 Å². The quantitative estimate of drug-likeness (QED) is 0.801. The van der Waals surface area contributed by atoms with E-state index in [2.05, 4.69) is 23.4 Å². The fourth-order valence-corrected chi connectivity index (χ4v) is 3.12. The third kappa shape index (κ3) is 2.39. The first-order valence-electron chi connectivity index (χ1n) is 7.95. The Hall–Kier alpha value is -3.40. The number of aromatic amines is 1. The minimum absolute atomic E-state index is 0.118. The molecule has 0 saturated heterocycles. The van der Waals surface area contributed by atoms with Crippen molar-refractivity contribution >= 4 is 17.9 Å². The van der Waals surface area contributed by atoms with Crippen LogP contribution in [0.1, 0.15) is 15.9 Å². The van der Waals surface area contributed by atoms with E-state index in [0.717, 1.165) is 11.1 Å². The molecule has 1 N–H and O–H groups in total. The van der Waals surface area contributed by atoms with E-state index in [0.29, 0.717) is 39.8 Å². The first-order valence-corrected chi connectivity index (χ1v) is 7.95. The summed E-state index contributed by atoms with van der Waals surface area (Å²) in [5.74, 6) is 0.428. The molecule has 0 bridgehead atoms. The Morgan fingerprint density at radius 2 is 1.92 bits per heavy atom. The lowest BCUT2D eigenvalue weighted by atomic mass is 9.88. The molecule has 1 aliphatic rings. The molecule has 0 radical (unpaired) electrons. The molecule has 25 heavy (non-hydrogen) atoms. The van der Waals surface area contributed by atoms with E-state index in [9.17, 15) is 4.79 Å². The Morgan fingerprint density at radius 1 is 1.12 bits per heavy atom. The molecule has 1 aromatic heterocycles. The summed E-state index contributed by atoms with van der Waals surface area (Å²) in [5.41, 5.74) is 3.52. The topological polar surface area (TPSA) is 55.0 Å². The number of benzene rings is 2. The van der Waals surface area contributed by atoms with Crippen LogP contribution in [0.2, 0.25) is 0 Å². The molecule has 0 aliphatic heterocycles. The van der Waals surface area contributed by atoms with Crippen LogP contribution in [0.4, 0.5) is 0 Å². The van der Waals surface area contributed by atoms with Crippen molar-refractivity contribution < 1.29 is 9.53 Å². The highest BCUT2D eigenvalue weighted by Crippen LogP contribution is 2.33. The average molecular weight is 328 g/mol. The van der Waals surface area contributed by atoms with Gasteiger partial charge < -0.3 is 4.74 Å². The third-order valence-electron chi connectivity index (χ3n) is 4.30. The monoisotopic (exact) mass is 328 g/mol.